The van der Waals surface area contributed by atoms with Crippen LogP contribution in [0.1, 0.15) is 52.4 Å². The molecule has 0 aromatic heterocycles. The minimum absolute atomic E-state index is 0.541. The Bertz CT molecular complexity index is 213. The molecule has 0 aromatic rings. The van der Waals surface area contributed by atoms with Crippen LogP contribution in [0.2, 0.25) is 0 Å². The summed E-state index contributed by atoms with van der Waals surface area (Å²) < 4.78 is 5.46. The first kappa shape index (κ1) is 13.4. The molecule has 0 unspecified atom stereocenters. The second kappa shape index (κ2) is 6.19. The molecule has 1 heterocycles. The molecular formula is C15H29NO. The zero-order valence-electron chi connectivity index (χ0n) is 11.8. The number of piperidine rings is 1. The van der Waals surface area contributed by atoms with Crippen LogP contribution in [0.5, 0.6) is 0 Å². The molecule has 0 atom stereocenters. The van der Waals surface area contributed by atoms with Gasteiger partial charge in [-0.2, -0.15) is 0 Å². The van der Waals surface area contributed by atoms with Crippen LogP contribution in [-0.2, 0) is 4.74 Å². The van der Waals surface area contributed by atoms with Gasteiger partial charge in [-0.05, 0) is 63.5 Å². The minimum atomic E-state index is 0.541. The molecule has 17 heavy (non-hydrogen) atoms. The van der Waals surface area contributed by atoms with Crippen LogP contribution in [0.15, 0.2) is 0 Å². The van der Waals surface area contributed by atoms with E-state index in [4.69, 9.17) is 4.74 Å². The van der Waals surface area contributed by atoms with Crippen LogP contribution in [0, 0.1) is 11.8 Å². The third kappa shape index (κ3) is 3.45. The molecule has 0 aromatic carbocycles. The van der Waals surface area contributed by atoms with Crippen molar-refractivity contribution in [2.24, 2.45) is 11.8 Å². The molecule has 0 spiro atoms. The lowest BCUT2D eigenvalue weighted by molar-refractivity contribution is 0.0262. The van der Waals surface area contributed by atoms with Gasteiger partial charge in [0.15, 0.2) is 0 Å². The lowest BCUT2D eigenvalue weighted by Crippen LogP contribution is -2.44. The van der Waals surface area contributed by atoms with Gasteiger partial charge in [0.05, 0.1) is 6.10 Å². The van der Waals surface area contributed by atoms with Gasteiger partial charge in [0.1, 0.15) is 0 Å². The zero-order chi connectivity index (χ0) is 12.3. The minimum Gasteiger partial charge on any atom is -0.381 e. The number of likely N-dealkylation sites (tertiary alicyclic amines) is 1. The zero-order valence-corrected chi connectivity index (χ0v) is 11.8. The quantitative estimate of drug-likeness (QED) is 0.749. The highest BCUT2D eigenvalue weighted by Crippen LogP contribution is 2.30. The van der Waals surface area contributed by atoms with E-state index in [1.807, 2.05) is 7.11 Å². The predicted molar refractivity (Wildman–Crippen MR) is 72.2 cm³/mol. The second-order valence-corrected chi connectivity index (χ2v) is 6.28. The molecule has 1 saturated carbocycles. The number of ether oxygens (including phenoxy) is 1. The smallest absolute Gasteiger partial charge is 0.0572 e. The number of methoxy groups -OCH3 is 1. The van der Waals surface area contributed by atoms with Crippen LogP contribution < -0.4 is 0 Å². The Morgan fingerprint density at radius 3 is 2.00 bits per heavy atom. The van der Waals surface area contributed by atoms with Crippen molar-refractivity contribution in [2.45, 2.75) is 64.5 Å². The normalized spacial score (nSPS) is 33.2. The molecule has 0 radical (unpaired) electrons. The highest BCUT2D eigenvalue weighted by atomic mass is 16.5. The maximum absolute atomic E-state index is 5.46. The Kier molecular flexibility index (Phi) is 4.87. The Morgan fingerprint density at radius 1 is 0.941 bits per heavy atom. The average molecular weight is 239 g/mol. The number of nitrogens with zero attached hydrogens (tertiary/aromatic N) is 1. The van der Waals surface area contributed by atoms with Crippen LogP contribution in [0.25, 0.3) is 0 Å². The van der Waals surface area contributed by atoms with Crippen LogP contribution in [0.3, 0.4) is 0 Å². The van der Waals surface area contributed by atoms with E-state index in [2.05, 4.69) is 18.7 Å². The summed E-state index contributed by atoms with van der Waals surface area (Å²) in [6, 6.07) is 0.856. The molecule has 0 N–H and O–H groups in total. The van der Waals surface area contributed by atoms with Gasteiger partial charge in [-0.25, -0.2) is 0 Å². The molecule has 2 nitrogen and oxygen atoms in total. The van der Waals surface area contributed by atoms with Crippen molar-refractivity contribution in [3.05, 3.63) is 0 Å². The fraction of sp³-hybridized carbons (Fsp3) is 1.00. The molecule has 2 rings (SSSR count). The Hall–Kier alpha value is -0.0800. The summed E-state index contributed by atoms with van der Waals surface area (Å²) in [6.45, 7) is 7.44. The molecule has 0 amide bonds. The third-order valence-electron chi connectivity index (χ3n) is 5.01. The Morgan fingerprint density at radius 2 is 1.53 bits per heavy atom. The van der Waals surface area contributed by atoms with Crippen LogP contribution >= 0.6 is 0 Å². The third-order valence-corrected chi connectivity index (χ3v) is 5.01. The Labute approximate surface area is 107 Å². The summed E-state index contributed by atoms with van der Waals surface area (Å²) in [5, 5.41) is 0. The molecule has 2 heteroatoms. The fourth-order valence-corrected chi connectivity index (χ4v) is 3.60. The standard InChI is InChI=1S/C15H29NO/c1-12(2)13-8-10-16(11-9-13)14-4-6-15(17-3)7-5-14/h12-15H,4-11H2,1-3H3. The first-order valence-electron chi connectivity index (χ1n) is 7.47. The van der Waals surface area contributed by atoms with Gasteiger partial charge in [-0.3, -0.25) is 0 Å². The van der Waals surface area contributed by atoms with Crippen molar-refractivity contribution < 1.29 is 4.74 Å². The molecule has 2 aliphatic rings. The Balaban J connectivity index is 1.74. The SMILES string of the molecule is COC1CCC(N2CCC(C(C)C)CC2)CC1. The molecule has 0 bridgehead atoms. The van der Waals surface area contributed by atoms with Crippen molar-refractivity contribution in [3.63, 3.8) is 0 Å². The topological polar surface area (TPSA) is 12.5 Å². The first-order chi connectivity index (χ1) is 8.20. The number of rotatable bonds is 3. The van der Waals surface area contributed by atoms with Gasteiger partial charge in [-0.1, -0.05) is 13.8 Å². The average Bonchev–Trinajstić information content (AvgIpc) is 2.39. The summed E-state index contributed by atoms with van der Waals surface area (Å²) in [5.74, 6) is 1.85. The monoisotopic (exact) mass is 239 g/mol. The van der Waals surface area contributed by atoms with Gasteiger partial charge in [0.2, 0.25) is 0 Å². The largest absolute Gasteiger partial charge is 0.381 e. The summed E-state index contributed by atoms with van der Waals surface area (Å²) in [5.41, 5.74) is 0. The van der Waals surface area contributed by atoms with E-state index in [1.54, 1.807) is 0 Å². The highest BCUT2D eigenvalue weighted by molar-refractivity contribution is 4.83. The summed E-state index contributed by atoms with van der Waals surface area (Å²) in [4.78, 5) is 2.75. The molecular weight excluding hydrogens is 210 g/mol. The van der Waals surface area contributed by atoms with E-state index in [9.17, 15) is 0 Å². The molecule has 2 fully saturated rings. The van der Waals surface area contributed by atoms with Gasteiger partial charge >= 0.3 is 0 Å². The summed E-state index contributed by atoms with van der Waals surface area (Å²) in [6.07, 6.45) is 8.62. The lowest BCUT2D eigenvalue weighted by Gasteiger charge is -2.41. The van der Waals surface area contributed by atoms with Gasteiger partial charge < -0.3 is 9.64 Å². The number of hydrogen-bond acceptors (Lipinski definition) is 2. The van der Waals surface area contributed by atoms with Crippen LogP contribution in [0.4, 0.5) is 0 Å². The highest BCUT2D eigenvalue weighted by Gasteiger charge is 2.29. The van der Waals surface area contributed by atoms with Gasteiger partial charge in [-0.15, -0.1) is 0 Å². The van der Waals surface area contributed by atoms with Crippen molar-refractivity contribution >= 4 is 0 Å². The lowest BCUT2D eigenvalue weighted by atomic mass is 9.84. The van der Waals surface area contributed by atoms with Crippen LogP contribution in [-0.4, -0.2) is 37.2 Å². The van der Waals surface area contributed by atoms with E-state index in [1.165, 1.54) is 51.6 Å². The molecule has 100 valence electrons. The maximum atomic E-state index is 5.46. The van der Waals surface area contributed by atoms with Gasteiger partial charge in [0.25, 0.3) is 0 Å². The maximum Gasteiger partial charge on any atom is 0.0572 e. The number of hydrogen-bond donors (Lipinski definition) is 0. The van der Waals surface area contributed by atoms with Crippen molar-refractivity contribution in [1.82, 2.24) is 4.90 Å². The van der Waals surface area contributed by atoms with E-state index < -0.39 is 0 Å². The fourth-order valence-electron chi connectivity index (χ4n) is 3.60. The van der Waals surface area contributed by atoms with E-state index in [-0.39, 0.29) is 0 Å². The van der Waals surface area contributed by atoms with Gasteiger partial charge in [0, 0.05) is 13.2 Å². The van der Waals surface area contributed by atoms with Crippen molar-refractivity contribution in [3.8, 4) is 0 Å². The molecule has 1 aliphatic heterocycles. The van der Waals surface area contributed by atoms with Crippen molar-refractivity contribution in [1.29, 1.82) is 0 Å². The van der Waals surface area contributed by atoms with E-state index in [0.29, 0.717) is 6.10 Å². The van der Waals surface area contributed by atoms with E-state index in [0.717, 1.165) is 17.9 Å². The van der Waals surface area contributed by atoms with E-state index >= 15 is 0 Å². The molecule has 1 aliphatic carbocycles. The molecule has 1 saturated heterocycles. The first-order valence-corrected chi connectivity index (χ1v) is 7.47. The summed E-state index contributed by atoms with van der Waals surface area (Å²) in [7, 11) is 1.86. The summed E-state index contributed by atoms with van der Waals surface area (Å²) >= 11 is 0. The predicted octanol–water partition coefficient (Wildman–Crippen LogP) is 3.31. The van der Waals surface area contributed by atoms with Crippen molar-refractivity contribution in [2.75, 3.05) is 20.2 Å². The second-order valence-electron chi connectivity index (χ2n) is 6.28.